The molecule has 0 spiro atoms. The maximum Gasteiger partial charge on any atom is 0.119 e. The van der Waals surface area contributed by atoms with Crippen LogP contribution in [0.4, 0.5) is 0 Å². The van der Waals surface area contributed by atoms with Crippen LogP contribution in [0.5, 0.6) is 5.75 Å². The summed E-state index contributed by atoms with van der Waals surface area (Å²) < 4.78 is 5.20. The van der Waals surface area contributed by atoms with Crippen molar-refractivity contribution in [2.45, 2.75) is 32.3 Å². The molecule has 3 heteroatoms. The molecule has 0 radical (unpaired) electrons. The summed E-state index contributed by atoms with van der Waals surface area (Å²) in [4.78, 5) is 2.37. The van der Waals surface area contributed by atoms with E-state index < -0.39 is 6.10 Å². The SMILES string of the molecule is CCC1CCN(CC(O)c2cccc(OC)c2)CC1. The average molecular weight is 263 g/mol. The van der Waals surface area contributed by atoms with Gasteiger partial charge in [-0.15, -0.1) is 0 Å². The van der Waals surface area contributed by atoms with E-state index in [1.807, 2.05) is 24.3 Å². The fraction of sp³-hybridized carbons (Fsp3) is 0.625. The fourth-order valence-electron chi connectivity index (χ4n) is 2.78. The van der Waals surface area contributed by atoms with E-state index in [1.54, 1.807) is 7.11 Å². The number of aliphatic hydroxyl groups excluding tert-OH is 1. The van der Waals surface area contributed by atoms with Crippen molar-refractivity contribution in [3.05, 3.63) is 29.8 Å². The first-order valence-electron chi connectivity index (χ1n) is 7.27. The van der Waals surface area contributed by atoms with Gasteiger partial charge in [-0.25, -0.2) is 0 Å². The molecule has 0 bridgehead atoms. The normalized spacial score (nSPS) is 19.3. The van der Waals surface area contributed by atoms with E-state index in [4.69, 9.17) is 4.74 Å². The minimum Gasteiger partial charge on any atom is -0.497 e. The van der Waals surface area contributed by atoms with Crippen LogP contribution >= 0.6 is 0 Å². The molecule has 0 amide bonds. The van der Waals surface area contributed by atoms with Crippen LogP contribution in [-0.4, -0.2) is 36.8 Å². The van der Waals surface area contributed by atoms with Crippen molar-refractivity contribution in [2.24, 2.45) is 5.92 Å². The van der Waals surface area contributed by atoms with Crippen molar-refractivity contribution >= 4 is 0 Å². The summed E-state index contributed by atoms with van der Waals surface area (Å²) in [6.07, 6.45) is 3.39. The van der Waals surface area contributed by atoms with Crippen LogP contribution in [0.3, 0.4) is 0 Å². The molecule has 106 valence electrons. The van der Waals surface area contributed by atoms with Gasteiger partial charge in [0, 0.05) is 6.54 Å². The lowest BCUT2D eigenvalue weighted by atomic mass is 9.94. The third-order valence-electron chi connectivity index (χ3n) is 4.19. The van der Waals surface area contributed by atoms with Gasteiger partial charge in [-0.3, -0.25) is 0 Å². The highest BCUT2D eigenvalue weighted by Gasteiger charge is 2.20. The Morgan fingerprint density at radius 3 is 2.74 bits per heavy atom. The fourth-order valence-corrected chi connectivity index (χ4v) is 2.78. The zero-order chi connectivity index (χ0) is 13.7. The number of aliphatic hydroxyl groups is 1. The third kappa shape index (κ3) is 3.95. The highest BCUT2D eigenvalue weighted by molar-refractivity contribution is 5.29. The van der Waals surface area contributed by atoms with Crippen molar-refractivity contribution in [3.63, 3.8) is 0 Å². The Hall–Kier alpha value is -1.06. The number of hydrogen-bond acceptors (Lipinski definition) is 3. The van der Waals surface area contributed by atoms with E-state index in [9.17, 15) is 5.11 Å². The van der Waals surface area contributed by atoms with E-state index in [2.05, 4.69) is 11.8 Å². The van der Waals surface area contributed by atoms with Crippen LogP contribution in [0, 0.1) is 5.92 Å². The number of nitrogens with zero attached hydrogens (tertiary/aromatic N) is 1. The molecule has 2 rings (SSSR count). The molecule has 0 aromatic heterocycles. The molecule has 1 aliphatic heterocycles. The Morgan fingerprint density at radius 2 is 2.11 bits per heavy atom. The number of β-amino-alcohol motifs (C(OH)–C–C–N with tert-alkyl or cyclic N) is 1. The van der Waals surface area contributed by atoms with Gasteiger partial charge in [0.1, 0.15) is 5.75 Å². The zero-order valence-corrected chi connectivity index (χ0v) is 12.0. The Balaban J connectivity index is 1.88. The quantitative estimate of drug-likeness (QED) is 0.886. The van der Waals surface area contributed by atoms with E-state index in [0.29, 0.717) is 0 Å². The molecule has 1 unspecified atom stereocenters. The molecular formula is C16H25NO2. The summed E-state index contributed by atoms with van der Waals surface area (Å²) in [6, 6.07) is 7.72. The lowest BCUT2D eigenvalue weighted by molar-refractivity contribution is 0.0886. The first-order valence-corrected chi connectivity index (χ1v) is 7.27. The lowest BCUT2D eigenvalue weighted by Gasteiger charge is -2.32. The van der Waals surface area contributed by atoms with Crippen LogP contribution in [0.15, 0.2) is 24.3 Å². The Bertz CT molecular complexity index is 386. The first-order chi connectivity index (χ1) is 9.22. The second kappa shape index (κ2) is 6.92. The maximum absolute atomic E-state index is 10.3. The van der Waals surface area contributed by atoms with E-state index in [1.165, 1.54) is 19.3 Å². The molecule has 1 fully saturated rings. The van der Waals surface area contributed by atoms with Crippen LogP contribution in [0.1, 0.15) is 37.9 Å². The van der Waals surface area contributed by atoms with E-state index in [0.717, 1.165) is 36.9 Å². The first kappa shape index (κ1) is 14.4. The largest absolute Gasteiger partial charge is 0.497 e. The molecule has 1 N–H and O–H groups in total. The lowest BCUT2D eigenvalue weighted by Crippen LogP contribution is -2.36. The number of ether oxygens (including phenoxy) is 1. The predicted molar refractivity (Wildman–Crippen MR) is 77.4 cm³/mol. The highest BCUT2D eigenvalue weighted by Crippen LogP contribution is 2.24. The van der Waals surface area contributed by atoms with Crippen LogP contribution in [0.25, 0.3) is 0 Å². The van der Waals surface area contributed by atoms with Crippen LogP contribution < -0.4 is 4.74 Å². The smallest absolute Gasteiger partial charge is 0.119 e. The summed E-state index contributed by atoms with van der Waals surface area (Å²) in [5, 5.41) is 10.3. The van der Waals surface area contributed by atoms with Gasteiger partial charge in [0.25, 0.3) is 0 Å². The number of hydrogen-bond donors (Lipinski definition) is 1. The monoisotopic (exact) mass is 263 g/mol. The summed E-state index contributed by atoms with van der Waals surface area (Å²) in [5.74, 6) is 1.69. The maximum atomic E-state index is 10.3. The minimum atomic E-state index is -0.423. The Morgan fingerprint density at radius 1 is 1.37 bits per heavy atom. The van der Waals surface area contributed by atoms with Crippen molar-refractivity contribution in [3.8, 4) is 5.75 Å². The standard InChI is InChI=1S/C16H25NO2/c1-3-13-7-9-17(10-8-13)12-16(18)14-5-4-6-15(11-14)19-2/h4-6,11,13,16,18H,3,7-10,12H2,1-2H3. The Labute approximate surface area is 116 Å². The van der Waals surface area contributed by atoms with Gasteiger partial charge >= 0.3 is 0 Å². The summed E-state index contributed by atoms with van der Waals surface area (Å²) >= 11 is 0. The van der Waals surface area contributed by atoms with Gasteiger partial charge in [0.05, 0.1) is 13.2 Å². The highest BCUT2D eigenvalue weighted by atomic mass is 16.5. The molecule has 0 saturated carbocycles. The van der Waals surface area contributed by atoms with Crippen LogP contribution in [-0.2, 0) is 0 Å². The average Bonchev–Trinajstić information content (AvgIpc) is 2.48. The number of benzene rings is 1. The second-order valence-corrected chi connectivity index (χ2v) is 5.44. The molecule has 1 aromatic rings. The molecule has 3 nitrogen and oxygen atoms in total. The van der Waals surface area contributed by atoms with Crippen molar-refractivity contribution in [1.29, 1.82) is 0 Å². The molecule has 19 heavy (non-hydrogen) atoms. The van der Waals surface area contributed by atoms with Crippen LogP contribution in [0.2, 0.25) is 0 Å². The number of likely N-dealkylation sites (tertiary alicyclic amines) is 1. The van der Waals surface area contributed by atoms with Gasteiger partial charge in [-0.2, -0.15) is 0 Å². The topological polar surface area (TPSA) is 32.7 Å². The van der Waals surface area contributed by atoms with Gasteiger partial charge in [0.15, 0.2) is 0 Å². The number of methoxy groups -OCH3 is 1. The molecule has 1 aliphatic rings. The summed E-state index contributed by atoms with van der Waals surface area (Å²) in [6.45, 7) is 5.22. The van der Waals surface area contributed by atoms with Gasteiger partial charge < -0.3 is 14.7 Å². The second-order valence-electron chi connectivity index (χ2n) is 5.44. The van der Waals surface area contributed by atoms with Gasteiger partial charge in [-0.1, -0.05) is 25.5 Å². The zero-order valence-electron chi connectivity index (χ0n) is 12.0. The minimum absolute atomic E-state index is 0.423. The molecule has 0 aliphatic carbocycles. The van der Waals surface area contributed by atoms with Gasteiger partial charge in [-0.05, 0) is 49.5 Å². The van der Waals surface area contributed by atoms with E-state index in [-0.39, 0.29) is 0 Å². The predicted octanol–water partition coefficient (Wildman–Crippen LogP) is 2.85. The summed E-state index contributed by atoms with van der Waals surface area (Å²) in [7, 11) is 1.65. The number of rotatable bonds is 5. The van der Waals surface area contributed by atoms with Crippen molar-refractivity contribution < 1.29 is 9.84 Å². The van der Waals surface area contributed by atoms with Gasteiger partial charge in [0.2, 0.25) is 0 Å². The Kier molecular flexibility index (Phi) is 5.23. The number of piperidine rings is 1. The molecule has 1 heterocycles. The molecule has 1 atom stereocenters. The van der Waals surface area contributed by atoms with E-state index >= 15 is 0 Å². The third-order valence-corrected chi connectivity index (χ3v) is 4.19. The molecule has 1 saturated heterocycles. The van der Waals surface area contributed by atoms with Crippen molar-refractivity contribution in [1.82, 2.24) is 4.90 Å². The summed E-state index contributed by atoms with van der Waals surface area (Å²) in [5.41, 5.74) is 0.942. The molecular weight excluding hydrogens is 238 g/mol. The van der Waals surface area contributed by atoms with Crippen molar-refractivity contribution in [2.75, 3.05) is 26.7 Å². The molecule has 1 aromatic carbocycles.